The predicted octanol–water partition coefficient (Wildman–Crippen LogP) is 5.66. The summed E-state index contributed by atoms with van der Waals surface area (Å²) in [5, 5.41) is 0. The van der Waals surface area contributed by atoms with Crippen LogP contribution >= 0.6 is 15.6 Å². The van der Waals surface area contributed by atoms with Crippen molar-refractivity contribution in [3.05, 3.63) is 34.9 Å². The van der Waals surface area contributed by atoms with E-state index in [2.05, 4.69) is 55.6 Å². The molecular weight excluding hydrogens is 390 g/mol. The highest BCUT2D eigenvalue weighted by molar-refractivity contribution is 7.60. The molecular formula is C18H34O7P2. The third-order valence-corrected chi connectivity index (χ3v) is 5.69. The number of allylic oxidation sites excluding steroid dienone is 5. The van der Waals surface area contributed by atoms with Crippen molar-refractivity contribution in [2.75, 3.05) is 6.61 Å². The number of phosphoric ester groups is 1. The number of phosphoric acid groups is 2. The highest BCUT2D eigenvalue weighted by Gasteiger charge is 2.31. The summed E-state index contributed by atoms with van der Waals surface area (Å²) in [5.41, 5.74) is 3.70. The Morgan fingerprint density at radius 2 is 1.56 bits per heavy atom. The zero-order valence-corrected chi connectivity index (χ0v) is 18.7. The van der Waals surface area contributed by atoms with E-state index in [4.69, 9.17) is 9.79 Å². The molecule has 1 unspecified atom stereocenters. The van der Waals surface area contributed by atoms with Gasteiger partial charge in [-0.15, -0.1) is 0 Å². The first kappa shape index (κ1) is 26.5. The highest BCUT2D eigenvalue weighted by Crippen LogP contribution is 2.57. The van der Waals surface area contributed by atoms with Crippen LogP contribution in [0.3, 0.4) is 0 Å². The van der Waals surface area contributed by atoms with Crippen molar-refractivity contribution in [3.8, 4) is 0 Å². The minimum absolute atomic E-state index is 0.251. The van der Waals surface area contributed by atoms with Gasteiger partial charge in [-0.25, -0.2) is 9.13 Å². The monoisotopic (exact) mass is 424 g/mol. The van der Waals surface area contributed by atoms with Crippen LogP contribution in [-0.2, 0) is 18.0 Å². The second-order valence-electron chi connectivity index (χ2n) is 7.21. The first-order chi connectivity index (χ1) is 12.3. The van der Waals surface area contributed by atoms with Crippen molar-refractivity contribution >= 4 is 15.6 Å². The van der Waals surface area contributed by atoms with Crippen LogP contribution in [0.1, 0.15) is 66.7 Å². The summed E-state index contributed by atoms with van der Waals surface area (Å²) in [7, 11) is -9.88. The fourth-order valence-electron chi connectivity index (χ4n) is 2.41. The van der Waals surface area contributed by atoms with Crippen LogP contribution in [0.25, 0.3) is 0 Å². The van der Waals surface area contributed by atoms with E-state index in [-0.39, 0.29) is 6.61 Å². The quantitative estimate of drug-likeness (QED) is 0.258. The molecule has 0 fully saturated rings. The maximum Gasteiger partial charge on any atom is 0.481 e. The summed E-state index contributed by atoms with van der Waals surface area (Å²) >= 11 is 0. The van der Waals surface area contributed by atoms with E-state index in [1.54, 1.807) is 6.08 Å². The molecule has 158 valence electrons. The molecule has 7 nitrogen and oxygen atoms in total. The van der Waals surface area contributed by atoms with Crippen molar-refractivity contribution in [1.82, 2.24) is 0 Å². The number of hydrogen-bond donors (Lipinski definition) is 3. The Morgan fingerprint density at radius 3 is 2.07 bits per heavy atom. The van der Waals surface area contributed by atoms with Crippen LogP contribution in [0.2, 0.25) is 0 Å². The smallest absolute Gasteiger partial charge is 0.302 e. The molecule has 0 heterocycles. The standard InChI is InChI=1S/C18H34O7P2/c1-15(2)8-6-9-17(5)10-7-11-18(14-16(3)4)12-13-24-27(22,23)25-26(19,20)21/h8,10,12,16H,6-7,9,11,13-14H2,1-5H3,(H,22,23)(H2,19,20,21)/b17-10+,18-12-. The van der Waals surface area contributed by atoms with Gasteiger partial charge in [-0.2, -0.15) is 4.31 Å². The molecule has 27 heavy (non-hydrogen) atoms. The minimum Gasteiger partial charge on any atom is -0.302 e. The molecule has 0 aliphatic carbocycles. The third-order valence-electron chi connectivity index (χ3n) is 3.54. The van der Waals surface area contributed by atoms with E-state index in [1.165, 1.54) is 11.1 Å². The molecule has 9 heteroatoms. The van der Waals surface area contributed by atoms with Crippen molar-refractivity contribution in [2.24, 2.45) is 5.92 Å². The molecule has 0 aliphatic rings. The molecule has 0 saturated carbocycles. The Labute approximate surface area is 163 Å². The molecule has 0 spiro atoms. The zero-order chi connectivity index (χ0) is 21.1. The summed E-state index contributed by atoms with van der Waals surface area (Å²) in [4.78, 5) is 26.5. The second kappa shape index (κ2) is 12.8. The SMILES string of the molecule is CC(C)=CCC/C(C)=C/CC/C(=C/COP(=O)(O)OP(=O)(O)O)CC(C)C. The molecule has 0 radical (unpaired) electrons. The fraction of sp³-hybridized carbons (Fsp3) is 0.667. The van der Waals surface area contributed by atoms with Gasteiger partial charge in [0.15, 0.2) is 0 Å². The summed E-state index contributed by atoms with van der Waals surface area (Å²) in [5.74, 6) is 0.409. The first-order valence-corrected chi connectivity index (χ1v) is 12.0. The van der Waals surface area contributed by atoms with Crippen molar-refractivity contribution < 1.29 is 32.6 Å². The van der Waals surface area contributed by atoms with E-state index in [9.17, 15) is 14.0 Å². The molecule has 0 rings (SSSR count). The maximum absolute atomic E-state index is 11.5. The fourth-order valence-corrected chi connectivity index (χ4v) is 3.94. The Morgan fingerprint density at radius 1 is 0.963 bits per heavy atom. The lowest BCUT2D eigenvalue weighted by atomic mass is 9.98. The molecule has 0 bridgehead atoms. The van der Waals surface area contributed by atoms with Crippen LogP contribution in [0.4, 0.5) is 0 Å². The lowest BCUT2D eigenvalue weighted by Gasteiger charge is -2.13. The second-order valence-corrected chi connectivity index (χ2v) is 10.0. The van der Waals surface area contributed by atoms with Gasteiger partial charge in [-0.3, -0.25) is 4.52 Å². The summed E-state index contributed by atoms with van der Waals surface area (Å²) < 4.78 is 30.5. The van der Waals surface area contributed by atoms with Gasteiger partial charge < -0.3 is 14.7 Å². The number of hydrogen-bond acceptors (Lipinski definition) is 4. The molecule has 0 saturated heterocycles. The Hall–Kier alpha value is -0.520. The first-order valence-electron chi connectivity index (χ1n) is 9.02. The Balaban J connectivity index is 4.66. The Bertz CT molecular complexity index is 626. The zero-order valence-electron chi connectivity index (χ0n) is 16.9. The largest absolute Gasteiger partial charge is 0.481 e. The average Bonchev–Trinajstić information content (AvgIpc) is 2.43. The van der Waals surface area contributed by atoms with Gasteiger partial charge in [0.05, 0.1) is 6.61 Å². The van der Waals surface area contributed by atoms with Crippen LogP contribution < -0.4 is 0 Å². The molecule has 0 aromatic carbocycles. The summed E-state index contributed by atoms with van der Waals surface area (Å²) in [6, 6.07) is 0. The van der Waals surface area contributed by atoms with E-state index >= 15 is 0 Å². The lowest BCUT2D eigenvalue weighted by Crippen LogP contribution is -1.97. The van der Waals surface area contributed by atoms with Gasteiger partial charge in [0.1, 0.15) is 0 Å². The molecule has 0 amide bonds. The molecule has 1 atom stereocenters. The van der Waals surface area contributed by atoms with Crippen molar-refractivity contribution in [2.45, 2.75) is 66.7 Å². The van der Waals surface area contributed by atoms with Gasteiger partial charge in [0, 0.05) is 0 Å². The molecule has 0 aromatic rings. The average molecular weight is 424 g/mol. The van der Waals surface area contributed by atoms with Crippen LogP contribution in [0, 0.1) is 5.92 Å². The van der Waals surface area contributed by atoms with E-state index < -0.39 is 15.6 Å². The topological polar surface area (TPSA) is 113 Å². The van der Waals surface area contributed by atoms with Gasteiger partial charge in [0.25, 0.3) is 0 Å². The van der Waals surface area contributed by atoms with Gasteiger partial charge in [-0.05, 0) is 58.8 Å². The van der Waals surface area contributed by atoms with E-state index in [0.717, 1.165) is 37.7 Å². The lowest BCUT2D eigenvalue weighted by molar-refractivity contribution is 0.191. The highest BCUT2D eigenvalue weighted by atomic mass is 31.3. The van der Waals surface area contributed by atoms with Gasteiger partial charge in [0.2, 0.25) is 0 Å². The van der Waals surface area contributed by atoms with Crippen molar-refractivity contribution in [3.63, 3.8) is 0 Å². The van der Waals surface area contributed by atoms with E-state index in [1.807, 2.05) is 0 Å². The maximum atomic E-state index is 11.5. The van der Waals surface area contributed by atoms with Gasteiger partial charge in [-0.1, -0.05) is 48.8 Å². The predicted molar refractivity (Wildman–Crippen MR) is 108 cm³/mol. The number of rotatable bonds is 13. The summed E-state index contributed by atoms with van der Waals surface area (Å²) in [6.45, 7) is 10.2. The normalized spacial score (nSPS) is 15.7. The molecule has 0 aliphatic heterocycles. The van der Waals surface area contributed by atoms with Crippen LogP contribution in [0.15, 0.2) is 34.9 Å². The minimum atomic E-state index is -5.09. The molecule has 0 aromatic heterocycles. The third kappa shape index (κ3) is 17.3. The summed E-state index contributed by atoms with van der Waals surface area (Å²) in [6.07, 6.45) is 10.6. The van der Waals surface area contributed by atoms with Crippen LogP contribution in [0.5, 0.6) is 0 Å². The van der Waals surface area contributed by atoms with Gasteiger partial charge >= 0.3 is 15.6 Å². The van der Waals surface area contributed by atoms with Crippen LogP contribution in [-0.4, -0.2) is 21.3 Å². The van der Waals surface area contributed by atoms with Crippen molar-refractivity contribution in [1.29, 1.82) is 0 Å². The molecule has 3 N–H and O–H groups in total. The Kier molecular flexibility index (Phi) is 12.6. The van der Waals surface area contributed by atoms with E-state index in [0.29, 0.717) is 5.92 Å².